The zero-order chi connectivity index (χ0) is 24.7. The van der Waals surface area contributed by atoms with Crippen LogP contribution in [0.2, 0.25) is 0 Å². The van der Waals surface area contributed by atoms with Crippen LogP contribution in [-0.2, 0) is 21.4 Å². The fourth-order valence-corrected chi connectivity index (χ4v) is 5.45. The number of para-hydroxylation sites is 2. The number of sulfonamides is 1. The number of carbonyl (C=O) groups excluding carboxylic acids is 1. The number of rotatable bonds is 10. The number of piperidine rings is 1. The largest absolute Gasteiger partial charge is 0.490 e. The highest BCUT2D eigenvalue weighted by molar-refractivity contribution is 7.89. The molecule has 10 heteroatoms. The van der Waals surface area contributed by atoms with Crippen molar-refractivity contribution in [1.29, 1.82) is 0 Å². The number of amides is 1. The highest BCUT2D eigenvalue weighted by atomic mass is 32.2. The van der Waals surface area contributed by atoms with Gasteiger partial charge in [-0.25, -0.2) is 8.42 Å². The van der Waals surface area contributed by atoms with E-state index in [1.807, 2.05) is 31.2 Å². The number of pyridine rings is 1. The van der Waals surface area contributed by atoms with Crippen LogP contribution in [0.1, 0.15) is 33.6 Å². The van der Waals surface area contributed by atoms with Gasteiger partial charge in [0.2, 0.25) is 15.9 Å². The normalized spacial score (nSPS) is 14.9. The molecule has 3 rings (SSSR count). The fourth-order valence-electron chi connectivity index (χ4n) is 3.97. The lowest BCUT2D eigenvalue weighted by Gasteiger charge is -2.32. The van der Waals surface area contributed by atoms with Gasteiger partial charge in [0.05, 0.1) is 11.5 Å². The highest BCUT2D eigenvalue weighted by Gasteiger charge is 2.26. The summed E-state index contributed by atoms with van der Waals surface area (Å²) in [7, 11) is -3.72. The number of hydrogen-bond acceptors (Lipinski definition) is 6. The molecule has 2 aromatic rings. The Balaban J connectivity index is 1.63. The molecule has 2 heterocycles. The molecule has 0 atom stereocenters. The Hall–Kier alpha value is -2.85. The first-order chi connectivity index (χ1) is 16.3. The first-order valence-corrected chi connectivity index (χ1v) is 13.1. The van der Waals surface area contributed by atoms with Gasteiger partial charge in [-0.1, -0.05) is 26.0 Å². The summed E-state index contributed by atoms with van der Waals surface area (Å²) in [4.78, 5) is 26.9. The van der Waals surface area contributed by atoms with Gasteiger partial charge in [0.1, 0.15) is 12.6 Å². The molecule has 0 N–H and O–H groups in total. The van der Waals surface area contributed by atoms with E-state index in [0.717, 1.165) is 0 Å². The Bertz CT molecular complexity index is 1140. The molecule has 1 amide bonds. The molecule has 0 bridgehead atoms. The first-order valence-electron chi connectivity index (χ1n) is 11.7. The third-order valence-corrected chi connectivity index (χ3v) is 7.88. The Kier molecular flexibility index (Phi) is 8.73. The van der Waals surface area contributed by atoms with Gasteiger partial charge in [-0.15, -0.1) is 0 Å². The summed E-state index contributed by atoms with van der Waals surface area (Å²) in [6, 6.07) is 10.0. The Labute approximate surface area is 200 Å². The number of likely N-dealkylation sites (tertiary alicyclic amines) is 1. The lowest BCUT2D eigenvalue weighted by atomic mass is 10.1. The minimum absolute atomic E-state index is 0.00340. The van der Waals surface area contributed by atoms with E-state index in [9.17, 15) is 18.0 Å². The maximum atomic E-state index is 12.9. The first kappa shape index (κ1) is 25.8. The second-order valence-electron chi connectivity index (χ2n) is 8.00. The van der Waals surface area contributed by atoms with Crippen LogP contribution < -0.4 is 15.0 Å². The van der Waals surface area contributed by atoms with E-state index in [4.69, 9.17) is 9.47 Å². The van der Waals surface area contributed by atoms with Crippen molar-refractivity contribution in [1.82, 2.24) is 13.8 Å². The Morgan fingerprint density at radius 3 is 2.29 bits per heavy atom. The second-order valence-corrected chi connectivity index (χ2v) is 9.94. The molecule has 0 saturated carbocycles. The van der Waals surface area contributed by atoms with Crippen molar-refractivity contribution in [2.45, 2.75) is 51.2 Å². The molecular formula is C24H33N3O6S. The molecule has 0 radical (unpaired) electrons. The van der Waals surface area contributed by atoms with Gasteiger partial charge in [-0.3, -0.25) is 9.59 Å². The van der Waals surface area contributed by atoms with Crippen molar-refractivity contribution in [3.8, 4) is 11.5 Å². The predicted octanol–water partition coefficient (Wildman–Crippen LogP) is 2.35. The molecular weight excluding hydrogens is 458 g/mol. The van der Waals surface area contributed by atoms with E-state index >= 15 is 0 Å². The summed E-state index contributed by atoms with van der Waals surface area (Å²) in [5.41, 5.74) is -0.419. The summed E-state index contributed by atoms with van der Waals surface area (Å²) in [6.07, 6.45) is 2.51. The Morgan fingerprint density at radius 2 is 1.68 bits per heavy atom. The predicted molar refractivity (Wildman–Crippen MR) is 129 cm³/mol. The SMILES string of the molecule is CCOc1ccccc1OC1CCN(C(=O)Cn2cc(S(=O)(=O)N(CC)CC)ccc2=O)CC1. The van der Waals surface area contributed by atoms with Crippen molar-refractivity contribution in [3.05, 3.63) is 52.9 Å². The number of hydrogen-bond donors (Lipinski definition) is 0. The molecule has 34 heavy (non-hydrogen) atoms. The van der Waals surface area contributed by atoms with Crippen molar-refractivity contribution in [3.63, 3.8) is 0 Å². The van der Waals surface area contributed by atoms with Gasteiger partial charge in [-0.05, 0) is 25.1 Å². The van der Waals surface area contributed by atoms with Gasteiger partial charge in [-0.2, -0.15) is 4.31 Å². The molecule has 1 aromatic carbocycles. The number of benzene rings is 1. The standard InChI is InChI=1S/C24H33N3O6S/c1-4-27(5-2)34(30,31)20-11-12-23(28)26(17-20)18-24(29)25-15-13-19(14-16-25)33-22-10-8-7-9-21(22)32-6-3/h7-12,17,19H,4-6,13-16,18H2,1-3H3. The lowest BCUT2D eigenvalue weighted by molar-refractivity contribution is -0.133. The number of aromatic nitrogens is 1. The van der Waals surface area contributed by atoms with E-state index in [1.54, 1.807) is 18.7 Å². The summed E-state index contributed by atoms with van der Waals surface area (Å²) in [5, 5.41) is 0. The molecule has 1 saturated heterocycles. The smallest absolute Gasteiger partial charge is 0.251 e. The van der Waals surface area contributed by atoms with Gasteiger partial charge >= 0.3 is 0 Å². The molecule has 0 unspecified atom stereocenters. The van der Waals surface area contributed by atoms with E-state index in [0.29, 0.717) is 57.1 Å². The van der Waals surface area contributed by atoms with Crippen LogP contribution in [-0.4, -0.2) is 67.0 Å². The van der Waals surface area contributed by atoms with E-state index in [-0.39, 0.29) is 23.5 Å². The van der Waals surface area contributed by atoms with Crippen LogP contribution in [0, 0.1) is 0 Å². The van der Waals surface area contributed by atoms with Crippen LogP contribution in [0.3, 0.4) is 0 Å². The molecule has 1 aromatic heterocycles. The maximum Gasteiger partial charge on any atom is 0.251 e. The van der Waals surface area contributed by atoms with Gasteiger partial charge in [0, 0.05) is 51.3 Å². The molecule has 9 nitrogen and oxygen atoms in total. The van der Waals surface area contributed by atoms with Crippen molar-refractivity contribution in [2.75, 3.05) is 32.8 Å². The molecule has 1 aliphatic heterocycles. The topological polar surface area (TPSA) is 98.2 Å². The van der Waals surface area contributed by atoms with Crippen LogP contribution in [0.5, 0.6) is 11.5 Å². The summed E-state index contributed by atoms with van der Waals surface area (Å²) in [5.74, 6) is 1.15. The third-order valence-electron chi connectivity index (χ3n) is 5.84. The lowest BCUT2D eigenvalue weighted by Crippen LogP contribution is -2.44. The quantitative estimate of drug-likeness (QED) is 0.506. The van der Waals surface area contributed by atoms with Crippen LogP contribution in [0.4, 0.5) is 0 Å². The average molecular weight is 492 g/mol. The van der Waals surface area contributed by atoms with Gasteiger partial charge < -0.3 is 18.9 Å². The van der Waals surface area contributed by atoms with E-state index in [2.05, 4.69) is 0 Å². The van der Waals surface area contributed by atoms with Crippen molar-refractivity contribution >= 4 is 15.9 Å². The third kappa shape index (κ3) is 5.98. The average Bonchev–Trinajstić information content (AvgIpc) is 2.83. The monoisotopic (exact) mass is 491 g/mol. The summed E-state index contributed by atoms with van der Waals surface area (Å²) >= 11 is 0. The van der Waals surface area contributed by atoms with Crippen LogP contribution in [0.25, 0.3) is 0 Å². The van der Waals surface area contributed by atoms with Gasteiger partial charge in [0.15, 0.2) is 11.5 Å². The Morgan fingerprint density at radius 1 is 1.03 bits per heavy atom. The zero-order valence-electron chi connectivity index (χ0n) is 20.0. The molecule has 1 fully saturated rings. The van der Waals surface area contributed by atoms with Gasteiger partial charge in [0.25, 0.3) is 5.56 Å². The molecule has 186 valence electrons. The minimum Gasteiger partial charge on any atom is -0.490 e. The van der Waals surface area contributed by atoms with Crippen LogP contribution >= 0.6 is 0 Å². The summed E-state index contributed by atoms with van der Waals surface area (Å²) < 4.78 is 39.8. The molecule has 0 spiro atoms. The van der Waals surface area contributed by atoms with E-state index < -0.39 is 15.6 Å². The molecule has 1 aliphatic rings. The van der Waals surface area contributed by atoms with Crippen LogP contribution in [0.15, 0.2) is 52.3 Å². The van der Waals surface area contributed by atoms with E-state index in [1.165, 1.54) is 27.2 Å². The minimum atomic E-state index is -3.72. The fraction of sp³-hybridized carbons (Fsp3) is 0.500. The van der Waals surface area contributed by atoms with Crippen molar-refractivity contribution in [2.24, 2.45) is 0 Å². The highest BCUT2D eigenvalue weighted by Crippen LogP contribution is 2.29. The zero-order valence-corrected chi connectivity index (χ0v) is 20.8. The second kappa shape index (κ2) is 11.5. The molecule has 0 aliphatic carbocycles. The maximum absolute atomic E-state index is 12.9. The summed E-state index contributed by atoms with van der Waals surface area (Å²) in [6.45, 7) is 7.39. The van der Waals surface area contributed by atoms with Crippen molar-refractivity contribution < 1.29 is 22.7 Å². The number of carbonyl (C=O) groups is 1. The number of ether oxygens (including phenoxy) is 2. The number of nitrogens with zero attached hydrogens (tertiary/aromatic N) is 3.